The van der Waals surface area contributed by atoms with Gasteiger partial charge in [0, 0.05) is 17.3 Å². The van der Waals surface area contributed by atoms with Crippen molar-refractivity contribution in [2.75, 3.05) is 11.4 Å². The van der Waals surface area contributed by atoms with Crippen LogP contribution < -0.4 is 4.90 Å². The number of rotatable bonds is 7. The molecule has 3 atom stereocenters. The van der Waals surface area contributed by atoms with Crippen LogP contribution in [0.15, 0.2) is 65.8 Å². The van der Waals surface area contributed by atoms with E-state index in [-0.39, 0.29) is 30.8 Å². The summed E-state index contributed by atoms with van der Waals surface area (Å²) in [6.07, 6.45) is 8.06. The smallest absolute Gasteiger partial charge is 0.232 e. The van der Waals surface area contributed by atoms with Gasteiger partial charge in [-0.05, 0) is 49.8 Å². The van der Waals surface area contributed by atoms with Crippen molar-refractivity contribution in [2.45, 2.75) is 73.5 Å². The van der Waals surface area contributed by atoms with Crippen LogP contribution in [0.2, 0.25) is 0 Å². The van der Waals surface area contributed by atoms with E-state index in [0.29, 0.717) is 30.3 Å². The number of fused-ring (bicyclic) bond motifs is 3. The second kappa shape index (κ2) is 12.2. The van der Waals surface area contributed by atoms with Gasteiger partial charge in [-0.1, -0.05) is 78.1 Å². The Kier molecular flexibility index (Phi) is 9.43. The number of oxazole rings is 1. The molecule has 6 heteroatoms. The quantitative estimate of drug-likeness (QED) is 0.283. The Morgan fingerprint density at radius 1 is 1.23 bits per heavy atom. The molecule has 3 unspecified atom stereocenters. The van der Waals surface area contributed by atoms with E-state index in [4.69, 9.17) is 9.15 Å². The lowest BCUT2D eigenvalue weighted by Crippen LogP contribution is -2.45. The van der Waals surface area contributed by atoms with Crippen LogP contribution in [0.1, 0.15) is 72.5 Å². The number of carbonyl (C=O) groups is 1. The fourth-order valence-corrected chi connectivity index (χ4v) is 6.00. The third-order valence-electron chi connectivity index (χ3n) is 7.98. The summed E-state index contributed by atoms with van der Waals surface area (Å²) in [4.78, 5) is 20.4. The largest absolute Gasteiger partial charge is 0.448 e. The zero-order chi connectivity index (χ0) is 28.4. The Balaban J connectivity index is 0.00000144. The third-order valence-corrected chi connectivity index (χ3v) is 7.98. The van der Waals surface area contributed by atoms with Crippen LogP contribution in [0.25, 0.3) is 16.8 Å². The zero-order valence-corrected chi connectivity index (χ0v) is 23.9. The van der Waals surface area contributed by atoms with Gasteiger partial charge >= 0.3 is 0 Å². The van der Waals surface area contributed by atoms with Crippen LogP contribution >= 0.6 is 0 Å². The van der Waals surface area contributed by atoms with Crippen molar-refractivity contribution in [1.29, 1.82) is 5.26 Å². The highest BCUT2D eigenvalue weighted by Crippen LogP contribution is 2.53. The van der Waals surface area contributed by atoms with Gasteiger partial charge in [-0.15, -0.1) is 0 Å². The van der Waals surface area contributed by atoms with Gasteiger partial charge in [-0.2, -0.15) is 5.26 Å². The van der Waals surface area contributed by atoms with E-state index in [1.807, 2.05) is 81.1 Å². The fraction of sp³-hybridized carbons (Fsp3) is 0.441. The molecule has 1 amide bonds. The lowest BCUT2D eigenvalue weighted by molar-refractivity contribution is -0.143. The fourth-order valence-electron chi connectivity index (χ4n) is 6.00. The van der Waals surface area contributed by atoms with Crippen LogP contribution in [-0.4, -0.2) is 29.1 Å². The third kappa shape index (κ3) is 5.76. The van der Waals surface area contributed by atoms with Gasteiger partial charge in [0.05, 0.1) is 41.4 Å². The molecule has 212 valence electrons. The van der Waals surface area contributed by atoms with Crippen LogP contribution in [0.5, 0.6) is 0 Å². The van der Waals surface area contributed by atoms with Crippen molar-refractivity contribution in [3.8, 4) is 6.07 Å². The number of benzene rings is 2. The predicted octanol–water partition coefficient (Wildman–Crippen LogP) is 7.98. The highest BCUT2D eigenvalue weighted by Gasteiger charge is 2.58. The summed E-state index contributed by atoms with van der Waals surface area (Å²) in [5, 5.41) is 11.4. The molecule has 6 nitrogen and oxygen atoms in total. The molecule has 40 heavy (non-hydrogen) atoms. The Hall–Kier alpha value is -3.69. The monoisotopic (exact) mass is 541 g/mol. The number of amides is 1. The number of hydrogen-bond donors (Lipinski definition) is 0. The Bertz CT molecular complexity index is 1430. The number of nitrogens with zero attached hydrogens (tertiary/aromatic N) is 3. The number of allylic oxidation sites excluding steroid dienone is 2. The molecule has 1 aromatic heterocycles. The second-order valence-electron chi connectivity index (χ2n) is 11.3. The van der Waals surface area contributed by atoms with Crippen LogP contribution in [0, 0.1) is 28.6 Å². The highest BCUT2D eigenvalue weighted by atomic mass is 16.5. The highest BCUT2D eigenvalue weighted by molar-refractivity contribution is 6.06. The number of nitriles is 1. The zero-order valence-electron chi connectivity index (χ0n) is 23.9. The minimum atomic E-state index is -0.573. The van der Waals surface area contributed by atoms with Gasteiger partial charge in [0.25, 0.3) is 0 Å². The van der Waals surface area contributed by atoms with Gasteiger partial charge in [0.15, 0.2) is 5.89 Å². The SMILES string of the molecule is C.C=C/C=C\c1coc(CC(C)(C)OC2C3CC(CN(c4ccc(C#N)c5ccccc45)C3=O)C2(C)C)n1.CC. The summed E-state index contributed by atoms with van der Waals surface area (Å²) in [7, 11) is 0. The Morgan fingerprint density at radius 2 is 1.93 bits per heavy atom. The first-order valence-electron chi connectivity index (χ1n) is 13.8. The van der Waals surface area contributed by atoms with Crippen molar-refractivity contribution < 1.29 is 13.9 Å². The maximum atomic E-state index is 14.0. The number of aromatic nitrogens is 1. The molecule has 0 N–H and O–H groups in total. The van der Waals surface area contributed by atoms with E-state index >= 15 is 0 Å². The summed E-state index contributed by atoms with van der Waals surface area (Å²) in [6.45, 7) is 16.8. The summed E-state index contributed by atoms with van der Waals surface area (Å²) >= 11 is 0. The first kappa shape index (κ1) is 30.8. The van der Waals surface area contributed by atoms with Gasteiger partial charge in [0.2, 0.25) is 5.91 Å². The van der Waals surface area contributed by atoms with Crippen molar-refractivity contribution in [3.63, 3.8) is 0 Å². The molecule has 2 fully saturated rings. The second-order valence-corrected chi connectivity index (χ2v) is 11.3. The normalized spacial score (nSPS) is 21.5. The number of ether oxygens (including phenoxy) is 1. The molecule has 1 aliphatic carbocycles. The molecule has 5 rings (SSSR count). The maximum absolute atomic E-state index is 14.0. The van der Waals surface area contributed by atoms with Crippen molar-refractivity contribution in [2.24, 2.45) is 17.3 Å². The van der Waals surface area contributed by atoms with E-state index in [9.17, 15) is 10.1 Å². The molecular formula is C34H43N3O3. The first-order valence-corrected chi connectivity index (χ1v) is 13.8. The molecule has 0 radical (unpaired) electrons. The minimum Gasteiger partial charge on any atom is -0.448 e. The summed E-state index contributed by atoms with van der Waals surface area (Å²) < 4.78 is 12.5. The van der Waals surface area contributed by atoms with Crippen LogP contribution in [-0.2, 0) is 16.0 Å². The van der Waals surface area contributed by atoms with Crippen LogP contribution in [0.3, 0.4) is 0 Å². The molecule has 2 aromatic carbocycles. The predicted molar refractivity (Wildman–Crippen MR) is 163 cm³/mol. The molecule has 0 spiro atoms. The molecule has 1 saturated carbocycles. The van der Waals surface area contributed by atoms with Gasteiger partial charge < -0.3 is 14.1 Å². The summed E-state index contributed by atoms with van der Waals surface area (Å²) in [5.41, 5.74) is 1.46. The van der Waals surface area contributed by atoms with Gasteiger partial charge in [0.1, 0.15) is 12.0 Å². The molecule has 3 aromatic rings. The molecule has 2 bridgehead atoms. The standard InChI is InChI=1S/C31H33N3O3.C2H6.CH4/c1-6-7-10-22-19-36-27(33-22)16-30(2,3)37-28-25-15-21(31(28,4)5)18-34(29(25)35)26-14-13-20(17-32)23-11-8-9-12-24(23)26;1-2;/h6-14,19,21,25,28H,1,15-16,18H2,2-5H3;1-2H3;1H4/b10-7-;;. The molecule has 2 heterocycles. The van der Waals surface area contributed by atoms with E-state index in [2.05, 4.69) is 31.5 Å². The lowest BCUT2D eigenvalue weighted by Gasteiger charge is -2.37. The lowest BCUT2D eigenvalue weighted by atomic mass is 9.79. The van der Waals surface area contributed by atoms with Crippen molar-refractivity contribution in [1.82, 2.24) is 4.98 Å². The summed E-state index contributed by atoms with van der Waals surface area (Å²) in [5.74, 6) is 0.746. The number of hydrogen-bond acceptors (Lipinski definition) is 5. The number of anilines is 1. The maximum Gasteiger partial charge on any atom is 0.232 e. The van der Waals surface area contributed by atoms with Crippen molar-refractivity contribution >= 4 is 28.4 Å². The van der Waals surface area contributed by atoms with E-state index in [0.717, 1.165) is 28.6 Å². The van der Waals surface area contributed by atoms with Crippen LogP contribution in [0.4, 0.5) is 5.69 Å². The number of carbonyl (C=O) groups excluding carboxylic acids is 1. The average molecular weight is 542 g/mol. The Morgan fingerprint density at radius 3 is 2.60 bits per heavy atom. The van der Waals surface area contributed by atoms with E-state index < -0.39 is 5.60 Å². The molecular weight excluding hydrogens is 498 g/mol. The van der Waals surface area contributed by atoms with Gasteiger partial charge in [-0.25, -0.2) is 4.98 Å². The van der Waals surface area contributed by atoms with Gasteiger partial charge in [-0.3, -0.25) is 4.79 Å². The minimum absolute atomic E-state index is 0. The Labute approximate surface area is 239 Å². The topological polar surface area (TPSA) is 79.4 Å². The molecule has 2 aliphatic rings. The molecule has 1 saturated heterocycles. The average Bonchev–Trinajstić information content (AvgIpc) is 3.45. The van der Waals surface area contributed by atoms with Crippen molar-refractivity contribution in [3.05, 3.63) is 78.5 Å². The molecule has 1 aliphatic heterocycles. The first-order chi connectivity index (χ1) is 18.6. The van der Waals surface area contributed by atoms with E-state index in [1.165, 1.54) is 0 Å². The number of piperidine rings is 1. The van der Waals surface area contributed by atoms with E-state index in [1.54, 1.807) is 12.3 Å². The summed E-state index contributed by atoms with van der Waals surface area (Å²) in [6, 6.07) is 13.8.